The van der Waals surface area contributed by atoms with Crippen LogP contribution >= 0.6 is 0 Å². The lowest BCUT2D eigenvalue weighted by Gasteiger charge is -2.18. The summed E-state index contributed by atoms with van der Waals surface area (Å²) in [5.41, 5.74) is 5.95. The molecular weight excluding hydrogens is 378 g/mol. The molecule has 0 radical (unpaired) electrons. The molecule has 0 saturated heterocycles. The van der Waals surface area contributed by atoms with E-state index in [4.69, 9.17) is 19.9 Å². The molecule has 0 aliphatic rings. The number of amides is 3. The van der Waals surface area contributed by atoms with E-state index in [1.54, 1.807) is 31.4 Å². The lowest BCUT2D eigenvalue weighted by molar-refractivity contribution is -0.120. The van der Waals surface area contributed by atoms with Gasteiger partial charge in [0.1, 0.15) is 5.75 Å². The van der Waals surface area contributed by atoms with E-state index < -0.39 is 5.91 Å². The number of benzene rings is 2. The van der Waals surface area contributed by atoms with E-state index in [1.165, 1.54) is 37.3 Å². The van der Waals surface area contributed by atoms with Gasteiger partial charge in [-0.05, 0) is 42.5 Å². The van der Waals surface area contributed by atoms with E-state index in [1.807, 2.05) is 0 Å². The summed E-state index contributed by atoms with van der Waals surface area (Å²) in [6.45, 7) is -0.456. The van der Waals surface area contributed by atoms with Crippen molar-refractivity contribution in [1.29, 1.82) is 0 Å². The van der Waals surface area contributed by atoms with E-state index in [-0.39, 0.29) is 36.5 Å². The van der Waals surface area contributed by atoms with Crippen molar-refractivity contribution in [3.63, 3.8) is 0 Å². The second kappa shape index (κ2) is 9.98. The Bertz CT molecular complexity index is 882. The Morgan fingerprint density at radius 2 is 1.69 bits per heavy atom. The number of ether oxygens (including phenoxy) is 3. The standard InChI is InChI=1S/C20H23N3O6/c1-23(11-19(25)22-14-5-7-15(27-2)8-6-14)20(26)13-4-9-16(17(10-13)28-3)29-12-18(21)24/h4-10H,11-12H2,1-3H3,(H2,21,24)(H,22,25). The summed E-state index contributed by atoms with van der Waals surface area (Å²) in [6.07, 6.45) is 0. The van der Waals surface area contributed by atoms with Crippen LogP contribution in [0.25, 0.3) is 0 Å². The van der Waals surface area contributed by atoms with E-state index in [0.717, 1.165) is 0 Å². The van der Waals surface area contributed by atoms with Crippen LogP contribution in [-0.2, 0) is 9.59 Å². The number of hydrogen-bond acceptors (Lipinski definition) is 6. The minimum atomic E-state index is -0.630. The molecule has 0 fully saturated rings. The molecule has 2 aromatic rings. The third-order valence-corrected chi connectivity index (χ3v) is 3.88. The van der Waals surface area contributed by atoms with Crippen LogP contribution in [0.15, 0.2) is 42.5 Å². The molecule has 154 valence electrons. The number of rotatable bonds is 9. The van der Waals surface area contributed by atoms with Gasteiger partial charge in [-0.15, -0.1) is 0 Å². The number of nitrogens with two attached hydrogens (primary N) is 1. The number of methoxy groups -OCH3 is 2. The molecule has 0 aliphatic carbocycles. The predicted octanol–water partition coefficient (Wildman–Crippen LogP) is 1.28. The number of nitrogens with zero attached hydrogens (tertiary/aromatic N) is 1. The van der Waals surface area contributed by atoms with E-state index in [9.17, 15) is 14.4 Å². The highest BCUT2D eigenvalue weighted by molar-refractivity contribution is 5.99. The Labute approximate surface area is 168 Å². The molecule has 0 aliphatic heterocycles. The lowest BCUT2D eigenvalue weighted by atomic mass is 10.1. The molecule has 3 amide bonds. The van der Waals surface area contributed by atoms with Crippen molar-refractivity contribution in [2.24, 2.45) is 5.73 Å². The molecule has 0 spiro atoms. The Morgan fingerprint density at radius 1 is 1.00 bits per heavy atom. The first-order valence-electron chi connectivity index (χ1n) is 8.62. The van der Waals surface area contributed by atoms with Crippen LogP contribution in [0.4, 0.5) is 5.69 Å². The zero-order valence-electron chi connectivity index (χ0n) is 16.4. The molecule has 0 unspecified atom stereocenters. The zero-order valence-corrected chi connectivity index (χ0v) is 16.4. The van der Waals surface area contributed by atoms with Crippen LogP contribution in [-0.4, -0.2) is 57.0 Å². The van der Waals surface area contributed by atoms with Gasteiger partial charge in [0.15, 0.2) is 18.1 Å². The van der Waals surface area contributed by atoms with Crippen molar-refractivity contribution in [2.45, 2.75) is 0 Å². The van der Waals surface area contributed by atoms with Gasteiger partial charge in [0.05, 0.1) is 20.8 Å². The van der Waals surface area contributed by atoms with Crippen molar-refractivity contribution < 1.29 is 28.6 Å². The molecule has 0 heterocycles. The van der Waals surface area contributed by atoms with Gasteiger partial charge in [-0.2, -0.15) is 0 Å². The number of primary amides is 1. The second-order valence-corrected chi connectivity index (χ2v) is 6.06. The van der Waals surface area contributed by atoms with Crippen LogP contribution in [0, 0.1) is 0 Å². The average Bonchev–Trinajstić information content (AvgIpc) is 2.71. The van der Waals surface area contributed by atoms with Crippen LogP contribution in [0.3, 0.4) is 0 Å². The molecule has 2 aromatic carbocycles. The predicted molar refractivity (Wildman–Crippen MR) is 106 cm³/mol. The molecule has 29 heavy (non-hydrogen) atoms. The SMILES string of the molecule is COc1ccc(NC(=O)CN(C)C(=O)c2ccc(OCC(N)=O)c(OC)c2)cc1. The third-order valence-electron chi connectivity index (χ3n) is 3.88. The van der Waals surface area contributed by atoms with Crippen molar-refractivity contribution in [3.05, 3.63) is 48.0 Å². The summed E-state index contributed by atoms with van der Waals surface area (Å²) < 4.78 is 15.5. The van der Waals surface area contributed by atoms with Crippen LogP contribution in [0.1, 0.15) is 10.4 Å². The van der Waals surface area contributed by atoms with Crippen LogP contribution < -0.4 is 25.3 Å². The number of hydrogen-bond donors (Lipinski definition) is 2. The van der Waals surface area contributed by atoms with Crippen LogP contribution in [0.5, 0.6) is 17.2 Å². The maximum absolute atomic E-state index is 12.6. The molecular formula is C20H23N3O6. The number of carbonyl (C=O) groups excluding carboxylic acids is 3. The van der Waals surface area contributed by atoms with Crippen molar-refractivity contribution in [1.82, 2.24) is 4.90 Å². The molecule has 0 atom stereocenters. The Morgan fingerprint density at radius 3 is 2.28 bits per heavy atom. The van der Waals surface area contributed by atoms with Gasteiger partial charge in [0.2, 0.25) is 5.91 Å². The summed E-state index contributed by atoms with van der Waals surface area (Å²) in [5, 5.41) is 2.71. The van der Waals surface area contributed by atoms with Gasteiger partial charge in [0.25, 0.3) is 11.8 Å². The lowest BCUT2D eigenvalue weighted by Crippen LogP contribution is -2.34. The van der Waals surface area contributed by atoms with Gasteiger partial charge in [-0.25, -0.2) is 0 Å². The summed E-state index contributed by atoms with van der Waals surface area (Å²) in [5.74, 6) is -0.132. The van der Waals surface area contributed by atoms with Crippen molar-refractivity contribution in [3.8, 4) is 17.2 Å². The van der Waals surface area contributed by atoms with Crippen molar-refractivity contribution in [2.75, 3.05) is 39.7 Å². The maximum Gasteiger partial charge on any atom is 0.255 e. The fourth-order valence-corrected chi connectivity index (χ4v) is 2.45. The normalized spacial score (nSPS) is 10.0. The summed E-state index contributed by atoms with van der Waals surface area (Å²) >= 11 is 0. The van der Waals surface area contributed by atoms with E-state index >= 15 is 0 Å². The van der Waals surface area contributed by atoms with Gasteiger partial charge in [-0.1, -0.05) is 0 Å². The molecule has 2 rings (SSSR count). The second-order valence-electron chi connectivity index (χ2n) is 6.06. The average molecular weight is 401 g/mol. The fourth-order valence-electron chi connectivity index (χ4n) is 2.45. The summed E-state index contributed by atoms with van der Waals surface area (Å²) in [6, 6.07) is 11.3. The number of likely N-dealkylation sites (N-methyl/N-ethyl adjacent to an activating group) is 1. The highest BCUT2D eigenvalue weighted by Crippen LogP contribution is 2.28. The largest absolute Gasteiger partial charge is 0.497 e. The number of anilines is 1. The smallest absolute Gasteiger partial charge is 0.255 e. The molecule has 0 bridgehead atoms. The van der Waals surface area contributed by atoms with Crippen molar-refractivity contribution >= 4 is 23.4 Å². The number of nitrogens with one attached hydrogen (secondary N) is 1. The quantitative estimate of drug-likeness (QED) is 0.653. The molecule has 0 aromatic heterocycles. The summed E-state index contributed by atoms with van der Waals surface area (Å²) in [7, 11) is 4.48. The summed E-state index contributed by atoms with van der Waals surface area (Å²) in [4.78, 5) is 37.0. The highest BCUT2D eigenvalue weighted by atomic mass is 16.5. The van der Waals surface area contributed by atoms with Gasteiger partial charge in [0, 0.05) is 18.3 Å². The Hall–Kier alpha value is -3.75. The first kappa shape index (κ1) is 21.5. The maximum atomic E-state index is 12.6. The molecule has 9 heteroatoms. The topological polar surface area (TPSA) is 120 Å². The highest BCUT2D eigenvalue weighted by Gasteiger charge is 2.17. The Kier molecular flexibility index (Phi) is 7.41. The fraction of sp³-hybridized carbons (Fsp3) is 0.250. The zero-order chi connectivity index (χ0) is 21.4. The third kappa shape index (κ3) is 6.13. The van der Waals surface area contributed by atoms with E-state index in [2.05, 4.69) is 5.32 Å². The van der Waals surface area contributed by atoms with E-state index in [0.29, 0.717) is 17.0 Å². The molecule has 9 nitrogen and oxygen atoms in total. The van der Waals surface area contributed by atoms with Gasteiger partial charge >= 0.3 is 0 Å². The minimum absolute atomic E-state index is 0.146. The molecule has 0 saturated carbocycles. The minimum Gasteiger partial charge on any atom is -0.497 e. The monoisotopic (exact) mass is 401 g/mol. The van der Waals surface area contributed by atoms with Crippen LogP contribution in [0.2, 0.25) is 0 Å². The first-order valence-corrected chi connectivity index (χ1v) is 8.62. The Balaban J connectivity index is 2.00. The molecule has 3 N–H and O–H groups in total. The van der Waals surface area contributed by atoms with Gasteiger partial charge in [-0.3, -0.25) is 14.4 Å². The first-order chi connectivity index (χ1) is 13.8. The number of carbonyl (C=O) groups is 3. The van der Waals surface area contributed by atoms with Gasteiger partial charge < -0.3 is 30.2 Å².